The first-order valence-corrected chi connectivity index (χ1v) is 15.4. The number of nitrogen functional groups attached to an aromatic ring is 1. The zero-order valence-corrected chi connectivity index (χ0v) is 23.0. The van der Waals surface area contributed by atoms with Crippen LogP contribution in [0.4, 0.5) is 5.82 Å². The number of hydrogen-bond acceptors (Lipinski definition) is 8. The number of anilines is 1. The van der Waals surface area contributed by atoms with Crippen LogP contribution >= 0.6 is 0 Å². The second-order valence-corrected chi connectivity index (χ2v) is 14.0. The van der Waals surface area contributed by atoms with Gasteiger partial charge in [-0.15, -0.1) is 0 Å². The average Bonchev–Trinajstić information content (AvgIpc) is 3.41. The van der Waals surface area contributed by atoms with Crippen LogP contribution in [0.25, 0.3) is 22.3 Å². The Hall–Kier alpha value is -2.69. The van der Waals surface area contributed by atoms with Crippen LogP contribution in [0.3, 0.4) is 0 Å². The third kappa shape index (κ3) is 5.26. The van der Waals surface area contributed by atoms with E-state index in [0.717, 1.165) is 60.3 Å². The van der Waals surface area contributed by atoms with E-state index in [1.807, 2.05) is 12.1 Å². The summed E-state index contributed by atoms with van der Waals surface area (Å²) in [5, 5.41) is 0.861. The third-order valence-electron chi connectivity index (χ3n) is 8.31. The quantitative estimate of drug-likeness (QED) is 0.484. The summed E-state index contributed by atoms with van der Waals surface area (Å²) in [6.45, 7) is 7.02. The van der Waals surface area contributed by atoms with Gasteiger partial charge in [0.15, 0.2) is 9.84 Å². The smallest absolute Gasteiger partial charge is 0.152 e. The van der Waals surface area contributed by atoms with Gasteiger partial charge in [0.1, 0.15) is 30.1 Å². The number of benzene rings is 1. The van der Waals surface area contributed by atoms with E-state index in [1.165, 1.54) is 6.33 Å². The number of fused-ring (bicyclic) bond motifs is 1. The zero-order chi connectivity index (χ0) is 26.5. The van der Waals surface area contributed by atoms with Gasteiger partial charge in [-0.25, -0.2) is 18.4 Å². The SMILES string of the molecule is CC1(C)CCC(COc2cccc(-c3cc4c(N)ncnc4n3[C@H]3C[C@H](CN4CCS(=O)(=O)CC4)C3)c2)O1. The molecular formula is C28H37N5O4S. The number of aromatic nitrogens is 3. The van der Waals surface area contributed by atoms with Crippen molar-refractivity contribution in [2.75, 3.05) is 43.5 Å². The van der Waals surface area contributed by atoms with Crippen molar-refractivity contribution in [3.8, 4) is 17.0 Å². The number of nitrogens with zero attached hydrogens (tertiary/aromatic N) is 4. The van der Waals surface area contributed by atoms with E-state index in [1.54, 1.807) is 0 Å². The summed E-state index contributed by atoms with van der Waals surface area (Å²) in [6.07, 6.45) is 5.74. The lowest BCUT2D eigenvalue weighted by Crippen LogP contribution is -2.45. The van der Waals surface area contributed by atoms with Gasteiger partial charge in [0, 0.05) is 31.2 Å². The van der Waals surface area contributed by atoms with Crippen molar-refractivity contribution >= 4 is 26.7 Å². The van der Waals surface area contributed by atoms with Gasteiger partial charge < -0.3 is 24.7 Å². The maximum absolute atomic E-state index is 11.8. The minimum atomic E-state index is -2.86. The van der Waals surface area contributed by atoms with Gasteiger partial charge in [-0.3, -0.25) is 0 Å². The van der Waals surface area contributed by atoms with E-state index in [0.29, 0.717) is 37.5 Å². The summed E-state index contributed by atoms with van der Waals surface area (Å²) in [7, 11) is -2.86. The largest absolute Gasteiger partial charge is 0.491 e. The Morgan fingerprint density at radius 1 is 1.16 bits per heavy atom. The number of ether oxygens (including phenoxy) is 2. The molecule has 1 unspecified atom stereocenters. The van der Waals surface area contributed by atoms with E-state index in [-0.39, 0.29) is 23.2 Å². The monoisotopic (exact) mass is 539 g/mol. The molecule has 9 nitrogen and oxygen atoms in total. The topological polar surface area (TPSA) is 113 Å². The van der Waals surface area contributed by atoms with Crippen LogP contribution in [0.5, 0.6) is 5.75 Å². The fourth-order valence-corrected chi connectivity index (χ4v) is 7.41. The first-order chi connectivity index (χ1) is 18.2. The second-order valence-electron chi connectivity index (χ2n) is 11.7. The van der Waals surface area contributed by atoms with Gasteiger partial charge in [-0.1, -0.05) is 12.1 Å². The molecule has 0 radical (unpaired) electrons. The first kappa shape index (κ1) is 25.6. The van der Waals surface area contributed by atoms with Gasteiger partial charge in [0.05, 0.1) is 34.3 Å². The molecule has 2 aromatic heterocycles. The Labute approximate surface area is 224 Å². The van der Waals surface area contributed by atoms with E-state index in [2.05, 4.69) is 51.5 Å². The standard InChI is InChI=1S/C28H37N5O4S/c1-28(2)7-6-23(37-28)17-36-22-5-3-4-20(14-22)25-15-24-26(29)30-18-31-27(24)33(25)21-12-19(13-21)16-32-8-10-38(34,35)11-9-32/h3-5,14-15,18-19,21,23H,6-13,16-17H2,1-2H3,(H2,29,30,31)/t19-,21-,23?. The number of nitrogens with two attached hydrogens (primary N) is 1. The molecule has 3 fully saturated rings. The van der Waals surface area contributed by atoms with Crippen LogP contribution in [0.15, 0.2) is 36.7 Å². The van der Waals surface area contributed by atoms with E-state index in [9.17, 15) is 8.42 Å². The summed E-state index contributed by atoms with van der Waals surface area (Å²) in [6, 6.07) is 10.6. The Balaban J connectivity index is 1.20. The molecule has 6 rings (SSSR count). The summed E-state index contributed by atoms with van der Waals surface area (Å²) in [4.78, 5) is 11.1. The van der Waals surface area contributed by atoms with Crippen LogP contribution in [0.2, 0.25) is 0 Å². The first-order valence-electron chi connectivity index (χ1n) is 13.6. The molecule has 3 aliphatic rings. The lowest BCUT2D eigenvalue weighted by molar-refractivity contribution is -0.0326. The second kappa shape index (κ2) is 9.81. The summed E-state index contributed by atoms with van der Waals surface area (Å²) in [5.74, 6) is 2.38. The van der Waals surface area contributed by atoms with Crippen LogP contribution in [-0.4, -0.2) is 77.3 Å². The molecule has 38 heavy (non-hydrogen) atoms. The molecule has 0 spiro atoms. The lowest BCUT2D eigenvalue weighted by atomic mass is 9.79. The molecule has 1 saturated carbocycles. The highest BCUT2D eigenvalue weighted by molar-refractivity contribution is 7.91. The molecule has 1 aromatic carbocycles. The van der Waals surface area contributed by atoms with Crippen molar-refractivity contribution < 1.29 is 17.9 Å². The van der Waals surface area contributed by atoms with Crippen molar-refractivity contribution in [1.29, 1.82) is 0 Å². The number of rotatable bonds is 7. The molecule has 2 saturated heterocycles. The van der Waals surface area contributed by atoms with Gasteiger partial charge in [-0.05, 0) is 63.6 Å². The van der Waals surface area contributed by atoms with E-state index >= 15 is 0 Å². The normalized spacial score (nSPS) is 26.8. The van der Waals surface area contributed by atoms with Crippen LogP contribution < -0.4 is 10.5 Å². The molecule has 0 amide bonds. The fraction of sp³-hybridized carbons (Fsp3) is 0.571. The van der Waals surface area contributed by atoms with Gasteiger partial charge in [0.25, 0.3) is 0 Å². The highest BCUT2D eigenvalue weighted by Crippen LogP contribution is 2.44. The molecule has 0 bridgehead atoms. The van der Waals surface area contributed by atoms with Crippen molar-refractivity contribution in [3.63, 3.8) is 0 Å². The molecule has 204 valence electrons. The minimum absolute atomic E-state index is 0.0793. The predicted octanol–water partition coefficient (Wildman–Crippen LogP) is 3.70. The lowest BCUT2D eigenvalue weighted by Gasteiger charge is -2.41. The highest BCUT2D eigenvalue weighted by atomic mass is 32.2. The molecule has 10 heteroatoms. The molecule has 2 N–H and O–H groups in total. The Bertz CT molecular complexity index is 1420. The minimum Gasteiger partial charge on any atom is -0.491 e. The van der Waals surface area contributed by atoms with Crippen molar-refractivity contribution in [1.82, 2.24) is 19.4 Å². The maximum atomic E-state index is 11.8. The van der Waals surface area contributed by atoms with Crippen LogP contribution in [0, 0.1) is 5.92 Å². The molecule has 1 aliphatic carbocycles. The summed E-state index contributed by atoms with van der Waals surface area (Å²) in [5.41, 5.74) is 9.15. The van der Waals surface area contributed by atoms with Gasteiger partial charge in [-0.2, -0.15) is 0 Å². The number of hydrogen-bond donors (Lipinski definition) is 1. The summed E-state index contributed by atoms with van der Waals surface area (Å²) < 4.78 is 38.1. The van der Waals surface area contributed by atoms with Crippen molar-refractivity contribution in [3.05, 3.63) is 36.7 Å². The molecule has 1 atom stereocenters. The van der Waals surface area contributed by atoms with Crippen molar-refractivity contribution in [2.24, 2.45) is 5.92 Å². The zero-order valence-electron chi connectivity index (χ0n) is 22.2. The highest BCUT2D eigenvalue weighted by Gasteiger charge is 2.36. The maximum Gasteiger partial charge on any atom is 0.152 e. The van der Waals surface area contributed by atoms with Crippen LogP contribution in [0.1, 0.15) is 45.6 Å². The average molecular weight is 540 g/mol. The molecule has 4 heterocycles. The Morgan fingerprint density at radius 3 is 2.68 bits per heavy atom. The van der Waals surface area contributed by atoms with Gasteiger partial charge in [0.2, 0.25) is 0 Å². The molecular weight excluding hydrogens is 502 g/mol. The predicted molar refractivity (Wildman–Crippen MR) is 148 cm³/mol. The van der Waals surface area contributed by atoms with Crippen molar-refractivity contribution in [2.45, 2.75) is 57.3 Å². The van der Waals surface area contributed by atoms with E-state index < -0.39 is 9.84 Å². The van der Waals surface area contributed by atoms with Crippen LogP contribution in [-0.2, 0) is 14.6 Å². The molecule has 2 aliphatic heterocycles. The third-order valence-corrected chi connectivity index (χ3v) is 9.92. The Morgan fingerprint density at radius 2 is 1.95 bits per heavy atom. The summed E-state index contributed by atoms with van der Waals surface area (Å²) >= 11 is 0. The molecule has 3 aromatic rings. The fourth-order valence-electron chi connectivity index (χ4n) is 6.13. The number of sulfone groups is 1. The van der Waals surface area contributed by atoms with Gasteiger partial charge >= 0.3 is 0 Å². The van der Waals surface area contributed by atoms with E-state index in [4.69, 9.17) is 15.2 Å². The Kier molecular flexibility index (Phi) is 6.60.